The number of hydrogen-bond donors (Lipinski definition) is 0. The topological polar surface area (TPSA) is 9.23 Å². The molecule has 0 fully saturated rings. The molecule has 2 rings (SSSR count). The molecule has 100 valence electrons. The molecule has 0 radical (unpaired) electrons. The van der Waals surface area contributed by atoms with Gasteiger partial charge >= 0.3 is 0 Å². The minimum absolute atomic E-state index is 0.802. The Kier molecular flexibility index (Phi) is 5.00. The molecule has 20 heavy (non-hydrogen) atoms. The Morgan fingerprint density at radius 1 is 1.10 bits per heavy atom. The molecule has 0 spiro atoms. The Hall–Kier alpha value is -2.50. The van der Waals surface area contributed by atoms with Crippen LogP contribution in [0.5, 0.6) is 5.75 Å². The van der Waals surface area contributed by atoms with Crippen LogP contribution in [0.25, 0.3) is 11.6 Å². The zero-order chi connectivity index (χ0) is 14.2. The van der Waals surface area contributed by atoms with Crippen molar-refractivity contribution in [2.24, 2.45) is 0 Å². The highest BCUT2D eigenvalue weighted by molar-refractivity contribution is 5.70. The molecule has 0 unspecified atom stereocenters. The van der Waals surface area contributed by atoms with Crippen LogP contribution in [0.1, 0.15) is 17.5 Å². The molecule has 2 aromatic rings. The van der Waals surface area contributed by atoms with Crippen LogP contribution >= 0.6 is 0 Å². The predicted octanol–water partition coefficient (Wildman–Crippen LogP) is 4.97. The van der Waals surface area contributed by atoms with Gasteiger partial charge in [-0.2, -0.15) is 0 Å². The van der Waals surface area contributed by atoms with Gasteiger partial charge in [0.05, 0.1) is 7.11 Å². The molecule has 0 heterocycles. The van der Waals surface area contributed by atoms with E-state index in [9.17, 15) is 0 Å². The van der Waals surface area contributed by atoms with Gasteiger partial charge < -0.3 is 4.74 Å². The van der Waals surface area contributed by atoms with E-state index in [1.165, 1.54) is 5.56 Å². The van der Waals surface area contributed by atoms with Crippen LogP contribution in [-0.4, -0.2) is 7.11 Å². The number of methoxy groups -OCH3 is 1. The lowest BCUT2D eigenvalue weighted by molar-refractivity contribution is 0.415. The maximum atomic E-state index is 5.15. The Bertz CT molecular complexity index is 615. The highest BCUT2D eigenvalue weighted by atomic mass is 16.5. The third-order valence-corrected chi connectivity index (χ3v) is 3.00. The van der Waals surface area contributed by atoms with Gasteiger partial charge in [0.25, 0.3) is 0 Å². The highest BCUT2D eigenvalue weighted by Crippen LogP contribution is 2.18. The molecule has 0 saturated heterocycles. The maximum absolute atomic E-state index is 5.15. The SMILES string of the molecule is C=CCC(=C=Cc1ccc(OC)cc1)c1ccccc1. The first-order chi connectivity index (χ1) is 9.83. The third kappa shape index (κ3) is 3.74. The monoisotopic (exact) mass is 262 g/mol. The largest absolute Gasteiger partial charge is 0.497 e. The first-order valence-corrected chi connectivity index (χ1v) is 6.59. The van der Waals surface area contributed by atoms with Crippen LogP contribution in [0.2, 0.25) is 0 Å². The van der Waals surface area contributed by atoms with Crippen molar-refractivity contribution in [1.82, 2.24) is 0 Å². The van der Waals surface area contributed by atoms with Crippen molar-refractivity contribution >= 4 is 11.6 Å². The minimum atomic E-state index is 0.802. The van der Waals surface area contributed by atoms with Gasteiger partial charge in [-0.3, -0.25) is 0 Å². The summed E-state index contributed by atoms with van der Waals surface area (Å²) in [7, 11) is 1.67. The molecule has 0 aliphatic heterocycles. The number of ether oxygens (including phenoxy) is 1. The normalized spacial score (nSPS) is 9.45. The van der Waals surface area contributed by atoms with Gasteiger partial charge in [0.2, 0.25) is 0 Å². The van der Waals surface area contributed by atoms with E-state index < -0.39 is 0 Å². The quantitative estimate of drug-likeness (QED) is 0.546. The summed E-state index contributed by atoms with van der Waals surface area (Å²) in [5.74, 6) is 0.862. The average Bonchev–Trinajstić information content (AvgIpc) is 2.53. The summed E-state index contributed by atoms with van der Waals surface area (Å²) < 4.78 is 5.15. The fourth-order valence-corrected chi connectivity index (χ4v) is 1.91. The van der Waals surface area contributed by atoms with Gasteiger partial charge in [0.15, 0.2) is 0 Å². The van der Waals surface area contributed by atoms with Crippen LogP contribution < -0.4 is 4.74 Å². The van der Waals surface area contributed by atoms with E-state index in [2.05, 4.69) is 24.4 Å². The van der Waals surface area contributed by atoms with Gasteiger partial charge in [0, 0.05) is 5.57 Å². The zero-order valence-corrected chi connectivity index (χ0v) is 11.7. The number of rotatable bonds is 5. The summed E-state index contributed by atoms with van der Waals surface area (Å²) in [6.07, 6.45) is 4.69. The van der Waals surface area contributed by atoms with Crippen LogP contribution in [-0.2, 0) is 0 Å². The van der Waals surface area contributed by atoms with E-state index in [1.54, 1.807) is 7.11 Å². The summed E-state index contributed by atoms with van der Waals surface area (Å²) in [6.45, 7) is 3.81. The molecule has 0 N–H and O–H groups in total. The van der Waals surface area contributed by atoms with Crippen LogP contribution in [0.4, 0.5) is 0 Å². The summed E-state index contributed by atoms with van der Waals surface area (Å²) in [5.41, 5.74) is 6.78. The second kappa shape index (κ2) is 7.18. The van der Waals surface area contributed by atoms with Gasteiger partial charge in [-0.25, -0.2) is 0 Å². The fraction of sp³-hybridized carbons (Fsp3) is 0.105. The summed E-state index contributed by atoms with van der Waals surface area (Å²) in [6, 6.07) is 18.2. The first kappa shape index (κ1) is 13.9. The van der Waals surface area contributed by atoms with Crippen LogP contribution in [0.15, 0.2) is 73.0 Å². The van der Waals surface area contributed by atoms with E-state index in [-0.39, 0.29) is 0 Å². The zero-order valence-electron chi connectivity index (χ0n) is 11.7. The van der Waals surface area contributed by atoms with Gasteiger partial charge in [-0.05, 0) is 35.8 Å². The smallest absolute Gasteiger partial charge is 0.118 e. The summed E-state index contributed by atoms with van der Waals surface area (Å²) >= 11 is 0. The van der Waals surface area contributed by atoms with Crippen molar-refractivity contribution in [2.45, 2.75) is 6.42 Å². The lowest BCUT2D eigenvalue weighted by Crippen LogP contribution is -1.82. The van der Waals surface area contributed by atoms with Crippen molar-refractivity contribution in [2.75, 3.05) is 7.11 Å². The minimum Gasteiger partial charge on any atom is -0.497 e. The average molecular weight is 262 g/mol. The maximum Gasteiger partial charge on any atom is 0.118 e. The standard InChI is InChI=1S/C19H18O/c1-3-7-17(18-8-5-4-6-9-18)13-10-16-11-14-19(20-2)15-12-16/h3-6,8-12,14-15H,1,7H2,2H3. The molecule has 0 aromatic heterocycles. The molecule has 0 saturated carbocycles. The lowest BCUT2D eigenvalue weighted by Gasteiger charge is -2.01. The number of allylic oxidation sites excluding steroid dienone is 2. The van der Waals surface area contributed by atoms with Gasteiger partial charge in [-0.15, -0.1) is 12.3 Å². The lowest BCUT2D eigenvalue weighted by atomic mass is 10.0. The van der Waals surface area contributed by atoms with E-state index in [0.29, 0.717) is 0 Å². The molecular formula is C19H18O. The Balaban J connectivity index is 2.32. The molecule has 2 aromatic carbocycles. The fourth-order valence-electron chi connectivity index (χ4n) is 1.91. The van der Waals surface area contributed by atoms with E-state index in [4.69, 9.17) is 4.74 Å². The van der Waals surface area contributed by atoms with Crippen molar-refractivity contribution in [3.05, 3.63) is 84.1 Å². The van der Waals surface area contributed by atoms with Crippen molar-refractivity contribution < 1.29 is 4.74 Å². The van der Waals surface area contributed by atoms with Crippen LogP contribution in [0, 0.1) is 0 Å². The van der Waals surface area contributed by atoms with Crippen molar-refractivity contribution in [3.8, 4) is 5.75 Å². The molecule has 1 heteroatoms. The first-order valence-electron chi connectivity index (χ1n) is 6.59. The van der Waals surface area contributed by atoms with Gasteiger partial charge in [0.1, 0.15) is 5.75 Å². The van der Waals surface area contributed by atoms with Crippen molar-refractivity contribution in [3.63, 3.8) is 0 Å². The molecule has 0 atom stereocenters. The third-order valence-electron chi connectivity index (χ3n) is 3.00. The van der Waals surface area contributed by atoms with E-state index in [1.807, 2.05) is 54.6 Å². The molecule has 0 bridgehead atoms. The Morgan fingerprint density at radius 2 is 1.80 bits per heavy atom. The number of hydrogen-bond acceptors (Lipinski definition) is 1. The molecule has 0 amide bonds. The molecule has 1 nitrogen and oxygen atoms in total. The summed E-state index contributed by atoms with van der Waals surface area (Å²) in [4.78, 5) is 0. The molecular weight excluding hydrogens is 244 g/mol. The highest BCUT2D eigenvalue weighted by Gasteiger charge is 1.97. The predicted molar refractivity (Wildman–Crippen MR) is 85.6 cm³/mol. The van der Waals surface area contributed by atoms with Crippen LogP contribution in [0.3, 0.4) is 0 Å². The summed E-state index contributed by atoms with van der Waals surface area (Å²) in [5, 5.41) is 0. The van der Waals surface area contributed by atoms with Gasteiger partial charge in [-0.1, -0.05) is 48.5 Å². The van der Waals surface area contributed by atoms with E-state index in [0.717, 1.165) is 23.3 Å². The van der Waals surface area contributed by atoms with E-state index >= 15 is 0 Å². The number of benzene rings is 2. The Morgan fingerprint density at radius 3 is 2.40 bits per heavy atom. The molecule has 0 aliphatic rings. The second-order valence-electron chi connectivity index (χ2n) is 4.40. The molecule has 0 aliphatic carbocycles. The van der Waals surface area contributed by atoms with Crippen molar-refractivity contribution in [1.29, 1.82) is 0 Å². The second-order valence-corrected chi connectivity index (χ2v) is 4.40. The Labute approximate surface area is 120 Å².